The van der Waals surface area contributed by atoms with Crippen molar-refractivity contribution in [3.8, 4) is 0 Å². The number of hydrogen-bond donors (Lipinski definition) is 1. The lowest BCUT2D eigenvalue weighted by Crippen LogP contribution is -2.31. The van der Waals surface area contributed by atoms with Crippen LogP contribution in [0.15, 0.2) is 0 Å². The molecule has 0 radical (unpaired) electrons. The van der Waals surface area contributed by atoms with Crippen molar-refractivity contribution in [1.29, 1.82) is 0 Å². The molecule has 0 unspecified atom stereocenters. The average molecular weight is 205 g/mol. The summed E-state index contributed by atoms with van der Waals surface area (Å²) in [5.41, 5.74) is 0. The molecule has 0 atom stereocenters. The maximum Gasteiger partial charge on any atom is 0.371 e. The van der Waals surface area contributed by atoms with E-state index in [4.69, 9.17) is 0 Å². The Kier molecular flexibility index (Phi) is 2.92. The first-order valence-corrected chi connectivity index (χ1v) is 6.01. The molecule has 0 N–H and O–H groups in total. The molecule has 0 spiro atoms. The molecule has 1 fully saturated rings. The minimum atomic E-state index is -0.923. The van der Waals surface area contributed by atoms with Crippen LogP contribution in [0.4, 0.5) is 4.79 Å². The molecule has 1 rings (SSSR count). The van der Waals surface area contributed by atoms with Crippen molar-refractivity contribution < 1.29 is 19.2 Å². The summed E-state index contributed by atoms with van der Waals surface area (Å²) in [6, 6.07) is 0. The van der Waals surface area contributed by atoms with Crippen LogP contribution < -0.4 is 0 Å². The fourth-order valence-electron chi connectivity index (χ4n) is 0.818. The molecule has 5 nitrogen and oxygen atoms in total. The van der Waals surface area contributed by atoms with E-state index in [0.29, 0.717) is 5.06 Å². The number of carbonyl (C=O) groups is 3. The molecule has 0 bridgehead atoms. The third-order valence-electron chi connectivity index (χ3n) is 1.54. The van der Waals surface area contributed by atoms with E-state index >= 15 is 0 Å². The predicted octanol–water partition coefficient (Wildman–Crippen LogP) is 0.448. The smallest absolute Gasteiger partial charge is 0.321 e. The van der Waals surface area contributed by atoms with Gasteiger partial charge >= 0.3 is 5.30 Å². The molecule has 1 heterocycles. The van der Waals surface area contributed by atoms with Gasteiger partial charge in [-0.05, 0) is 12.5 Å². The summed E-state index contributed by atoms with van der Waals surface area (Å²) in [7, 11) is -0.923. The zero-order chi connectivity index (χ0) is 10.0. The van der Waals surface area contributed by atoms with E-state index in [1.165, 1.54) is 0 Å². The normalized spacial score (nSPS) is 17.7. The van der Waals surface area contributed by atoms with Gasteiger partial charge in [-0.1, -0.05) is 0 Å². The Morgan fingerprint density at radius 3 is 2.15 bits per heavy atom. The van der Waals surface area contributed by atoms with E-state index in [0.717, 1.165) is 0 Å². The summed E-state index contributed by atoms with van der Waals surface area (Å²) in [5.74, 6) is -0.870. The molecule has 2 amide bonds. The molecule has 6 heteroatoms. The van der Waals surface area contributed by atoms with Crippen LogP contribution in [0.5, 0.6) is 0 Å². The molecule has 0 aliphatic carbocycles. The van der Waals surface area contributed by atoms with Crippen LogP contribution in [-0.4, -0.2) is 34.7 Å². The van der Waals surface area contributed by atoms with Crippen LogP contribution in [-0.2, 0) is 14.4 Å². The van der Waals surface area contributed by atoms with Crippen molar-refractivity contribution in [3.05, 3.63) is 0 Å². The predicted molar refractivity (Wildman–Crippen MR) is 48.4 cm³/mol. The lowest BCUT2D eigenvalue weighted by Gasteiger charge is -2.14. The van der Waals surface area contributed by atoms with Gasteiger partial charge in [0, 0.05) is 12.8 Å². The zero-order valence-corrected chi connectivity index (χ0v) is 8.34. The third-order valence-corrected chi connectivity index (χ3v) is 2.35. The lowest BCUT2D eigenvalue weighted by molar-refractivity contribution is -0.169. The van der Waals surface area contributed by atoms with Gasteiger partial charge in [0.25, 0.3) is 11.8 Å². The van der Waals surface area contributed by atoms with E-state index in [-0.39, 0.29) is 12.8 Å². The number of hydroxylamine groups is 2. The highest BCUT2D eigenvalue weighted by atomic mass is 32.2. The topological polar surface area (TPSA) is 63.7 Å². The van der Waals surface area contributed by atoms with E-state index in [2.05, 4.69) is 4.84 Å². The van der Waals surface area contributed by atoms with Gasteiger partial charge in [-0.25, -0.2) is 4.79 Å². The number of imide groups is 1. The molecule has 1 aliphatic heterocycles. The number of amides is 2. The van der Waals surface area contributed by atoms with Gasteiger partial charge in [0.05, 0.1) is 0 Å². The monoisotopic (exact) mass is 205 g/mol. The molecule has 74 valence electrons. The van der Waals surface area contributed by atoms with Gasteiger partial charge in [-0.3, -0.25) is 9.59 Å². The molecule has 0 saturated carbocycles. The van der Waals surface area contributed by atoms with Crippen LogP contribution in [0.2, 0.25) is 0 Å². The van der Waals surface area contributed by atoms with Crippen molar-refractivity contribution in [3.63, 3.8) is 0 Å². The fraction of sp³-hybridized carbons (Fsp3) is 0.571. The molecule has 0 aromatic rings. The van der Waals surface area contributed by atoms with Gasteiger partial charge in [-0.15, -0.1) is 5.06 Å². The molecule has 0 aromatic carbocycles. The highest BCUT2D eigenvalue weighted by Gasteiger charge is 2.32. The largest absolute Gasteiger partial charge is 0.371 e. The lowest BCUT2D eigenvalue weighted by atomic mass is 10.4. The molecule has 1 aliphatic rings. The van der Waals surface area contributed by atoms with E-state index in [1.807, 2.05) is 0 Å². The first kappa shape index (κ1) is 10.0. The summed E-state index contributed by atoms with van der Waals surface area (Å²) >= 11 is 0. The van der Waals surface area contributed by atoms with Crippen molar-refractivity contribution in [2.75, 3.05) is 12.5 Å². The second kappa shape index (κ2) is 3.78. The average Bonchev–Trinajstić information content (AvgIpc) is 2.35. The van der Waals surface area contributed by atoms with Crippen LogP contribution >= 0.6 is 10.9 Å². The number of carbonyl (C=O) groups excluding carboxylic acids is 3. The second-order valence-electron chi connectivity index (χ2n) is 2.83. The van der Waals surface area contributed by atoms with Crippen LogP contribution in [0.25, 0.3) is 0 Å². The van der Waals surface area contributed by atoms with Crippen LogP contribution in [0.3, 0.4) is 0 Å². The molecule has 13 heavy (non-hydrogen) atoms. The molecular weight excluding hydrogens is 194 g/mol. The van der Waals surface area contributed by atoms with Crippen molar-refractivity contribution in [1.82, 2.24) is 5.06 Å². The van der Waals surface area contributed by atoms with Gasteiger partial charge in [0.15, 0.2) is 0 Å². The Bertz CT molecular complexity index is 247. The summed E-state index contributed by atoms with van der Waals surface area (Å²) in [4.78, 5) is 37.6. The number of nitrogens with zero attached hydrogens (tertiary/aromatic N) is 1. The summed E-state index contributed by atoms with van der Waals surface area (Å²) < 4.78 is 0. The Hall–Kier alpha value is -1.04. The number of hydrogen-bond acceptors (Lipinski definition) is 4. The Labute approximate surface area is 78.3 Å². The minimum Gasteiger partial charge on any atom is -0.321 e. The van der Waals surface area contributed by atoms with Gasteiger partial charge in [0.1, 0.15) is 0 Å². The summed E-state index contributed by atoms with van der Waals surface area (Å²) in [5, 5.41) is 0.0728. The standard InChI is InChI=1S/C7H11NO4S/c1-13(2)7(11)12-8-5(9)3-4-6(8)10/h13H,3-4H2,1-2H3. The van der Waals surface area contributed by atoms with Crippen molar-refractivity contribution in [2.45, 2.75) is 12.8 Å². The zero-order valence-electron chi connectivity index (χ0n) is 7.44. The number of thiol groups is 1. The SMILES string of the molecule is C[SH](C)C(=O)ON1C(=O)CCC1=O. The first-order valence-electron chi connectivity index (χ1n) is 3.77. The maximum absolute atomic E-state index is 11.1. The number of rotatable bonds is 1. The molecule has 1 saturated heterocycles. The maximum atomic E-state index is 11.1. The fourth-order valence-corrected chi connectivity index (χ4v) is 1.06. The Morgan fingerprint density at radius 1 is 1.31 bits per heavy atom. The molecule has 0 aromatic heterocycles. The highest BCUT2D eigenvalue weighted by molar-refractivity contribution is 8.28. The van der Waals surface area contributed by atoms with E-state index in [9.17, 15) is 14.4 Å². The van der Waals surface area contributed by atoms with E-state index < -0.39 is 28.0 Å². The van der Waals surface area contributed by atoms with Crippen molar-refractivity contribution in [2.24, 2.45) is 0 Å². The summed E-state index contributed by atoms with van der Waals surface area (Å²) in [6.45, 7) is 0. The minimum absolute atomic E-state index is 0.136. The third kappa shape index (κ3) is 2.21. The second-order valence-corrected chi connectivity index (χ2v) is 4.99. The van der Waals surface area contributed by atoms with Crippen LogP contribution in [0.1, 0.15) is 12.8 Å². The van der Waals surface area contributed by atoms with Gasteiger partial charge < -0.3 is 4.84 Å². The van der Waals surface area contributed by atoms with Crippen molar-refractivity contribution >= 4 is 28.0 Å². The Morgan fingerprint density at radius 2 is 1.77 bits per heavy atom. The first-order chi connectivity index (χ1) is 6.02. The van der Waals surface area contributed by atoms with Crippen LogP contribution in [0, 0.1) is 0 Å². The molecular formula is C7H11NO4S. The van der Waals surface area contributed by atoms with Gasteiger partial charge in [0.2, 0.25) is 0 Å². The summed E-state index contributed by atoms with van der Waals surface area (Å²) in [6.07, 6.45) is 3.67. The Balaban J connectivity index is 2.58. The quantitative estimate of drug-likeness (QED) is 0.498. The highest BCUT2D eigenvalue weighted by Crippen LogP contribution is 2.21. The van der Waals surface area contributed by atoms with Gasteiger partial charge in [-0.2, -0.15) is 10.9 Å². The van der Waals surface area contributed by atoms with E-state index in [1.54, 1.807) is 12.5 Å².